The van der Waals surface area contributed by atoms with Crippen LogP contribution in [0.25, 0.3) is 0 Å². The summed E-state index contributed by atoms with van der Waals surface area (Å²) in [6.45, 7) is 6.05. The first-order valence-corrected chi connectivity index (χ1v) is 10.3. The molecule has 0 radical (unpaired) electrons. The molecule has 1 atom stereocenters. The Labute approximate surface area is 167 Å². The summed E-state index contributed by atoms with van der Waals surface area (Å²) in [5.41, 5.74) is 1.78. The second-order valence-corrected chi connectivity index (χ2v) is 8.75. The molecule has 27 heavy (non-hydrogen) atoms. The summed E-state index contributed by atoms with van der Waals surface area (Å²) in [6.07, 6.45) is 0.0975. The van der Waals surface area contributed by atoms with Gasteiger partial charge in [-0.2, -0.15) is 0 Å². The summed E-state index contributed by atoms with van der Waals surface area (Å²) in [6, 6.07) is 17.3. The first kappa shape index (κ1) is 19.4. The maximum Gasteiger partial charge on any atom is 0.257 e. The molecule has 0 aliphatic rings. The number of hydrogen-bond acceptors (Lipinski definition) is 6. The second kappa shape index (κ2) is 9.01. The molecule has 1 amide bonds. The van der Waals surface area contributed by atoms with Crippen molar-refractivity contribution in [2.24, 2.45) is 0 Å². The van der Waals surface area contributed by atoms with E-state index in [0.29, 0.717) is 10.7 Å². The van der Waals surface area contributed by atoms with Crippen molar-refractivity contribution in [2.45, 2.75) is 36.5 Å². The quantitative estimate of drug-likeness (QED) is 0.424. The van der Waals surface area contributed by atoms with E-state index in [1.807, 2.05) is 32.0 Å². The van der Waals surface area contributed by atoms with Gasteiger partial charge in [0.05, 0.1) is 6.10 Å². The van der Waals surface area contributed by atoms with E-state index in [1.54, 1.807) is 36.0 Å². The molecule has 0 spiro atoms. The van der Waals surface area contributed by atoms with Gasteiger partial charge in [0.2, 0.25) is 5.13 Å². The fraction of sp³-hybridized carbons (Fsp3) is 0.250. The van der Waals surface area contributed by atoms with Crippen LogP contribution >= 0.6 is 23.1 Å². The lowest BCUT2D eigenvalue weighted by Gasteiger charge is -2.09. The number of nitrogens with one attached hydrogen (secondary N) is 1. The number of rotatable bonds is 7. The zero-order valence-electron chi connectivity index (χ0n) is 15.4. The van der Waals surface area contributed by atoms with E-state index in [4.69, 9.17) is 4.74 Å². The Hall–Kier alpha value is -2.38. The zero-order valence-corrected chi connectivity index (χ0v) is 17.0. The number of ether oxygens (including phenoxy) is 1. The van der Waals surface area contributed by atoms with E-state index in [1.165, 1.54) is 16.9 Å². The van der Waals surface area contributed by atoms with Gasteiger partial charge in [0.25, 0.3) is 5.91 Å². The fourth-order valence-electron chi connectivity index (χ4n) is 2.38. The summed E-state index contributed by atoms with van der Waals surface area (Å²) in [4.78, 5) is 12.4. The minimum Gasteiger partial charge on any atom is -0.491 e. The number of nitrogens with zero attached hydrogens (tertiary/aromatic N) is 2. The molecule has 7 heteroatoms. The highest BCUT2D eigenvalue weighted by Gasteiger charge is 2.14. The first-order chi connectivity index (χ1) is 13.0. The molecule has 0 aliphatic heterocycles. The number of aromatic nitrogens is 2. The van der Waals surface area contributed by atoms with Crippen LogP contribution in [-0.4, -0.2) is 22.2 Å². The van der Waals surface area contributed by atoms with E-state index < -0.39 is 0 Å². The van der Waals surface area contributed by atoms with Crippen molar-refractivity contribution >= 4 is 34.1 Å². The Morgan fingerprint density at radius 3 is 2.41 bits per heavy atom. The summed E-state index contributed by atoms with van der Waals surface area (Å²) in [7, 11) is 0. The van der Waals surface area contributed by atoms with Crippen molar-refractivity contribution in [1.29, 1.82) is 0 Å². The monoisotopic (exact) mass is 399 g/mol. The third-order valence-electron chi connectivity index (χ3n) is 3.66. The van der Waals surface area contributed by atoms with E-state index >= 15 is 0 Å². The molecule has 0 fully saturated rings. The summed E-state index contributed by atoms with van der Waals surface area (Å²) < 4.78 is 6.41. The third-order valence-corrected chi connectivity index (χ3v) is 5.74. The minimum atomic E-state index is -0.213. The third kappa shape index (κ3) is 5.55. The van der Waals surface area contributed by atoms with Crippen LogP contribution in [0.3, 0.4) is 0 Å². The lowest BCUT2D eigenvalue weighted by molar-refractivity contribution is 0.102. The van der Waals surface area contributed by atoms with E-state index in [-0.39, 0.29) is 17.3 Å². The second-order valence-electron chi connectivity index (χ2n) is 6.19. The summed E-state index contributed by atoms with van der Waals surface area (Å²) in [5, 5.41) is 11.8. The smallest absolute Gasteiger partial charge is 0.257 e. The molecule has 0 saturated heterocycles. The highest BCUT2D eigenvalue weighted by atomic mass is 32.2. The molecule has 3 aromatic rings. The van der Waals surface area contributed by atoms with Crippen molar-refractivity contribution < 1.29 is 9.53 Å². The number of amides is 1. The molecule has 5 nitrogen and oxygen atoms in total. The van der Waals surface area contributed by atoms with Crippen LogP contribution in [0.1, 0.15) is 41.9 Å². The van der Waals surface area contributed by atoms with E-state index in [9.17, 15) is 4.79 Å². The summed E-state index contributed by atoms with van der Waals surface area (Å²) >= 11 is 3.00. The summed E-state index contributed by atoms with van der Waals surface area (Å²) in [5.74, 6) is 0.529. The predicted octanol–water partition coefficient (Wildman–Crippen LogP) is 5.43. The highest BCUT2D eigenvalue weighted by molar-refractivity contribution is 8.01. The predicted molar refractivity (Wildman–Crippen MR) is 111 cm³/mol. The highest BCUT2D eigenvalue weighted by Crippen LogP contribution is 2.37. The van der Waals surface area contributed by atoms with Crippen LogP contribution in [0.15, 0.2) is 58.9 Å². The standard InChI is InChI=1S/C20H21N3O2S2/c1-13(2)25-17-11-9-16(10-12-17)18(24)21-19-22-23-20(27-19)26-14(3)15-7-5-4-6-8-15/h4-14H,1-3H3,(H,21,22,24). The molecule has 1 N–H and O–H groups in total. The number of hydrogen-bond donors (Lipinski definition) is 1. The van der Waals surface area contributed by atoms with Gasteiger partial charge >= 0.3 is 0 Å². The molecule has 140 valence electrons. The van der Waals surface area contributed by atoms with Gasteiger partial charge in [-0.1, -0.05) is 53.4 Å². The SMILES string of the molecule is CC(C)Oc1ccc(C(=O)Nc2nnc(SC(C)c3ccccc3)s2)cc1. The van der Waals surface area contributed by atoms with Gasteiger partial charge in [-0.25, -0.2) is 0 Å². The molecule has 1 heterocycles. The van der Waals surface area contributed by atoms with Crippen molar-refractivity contribution in [2.75, 3.05) is 5.32 Å². The number of thioether (sulfide) groups is 1. The van der Waals surface area contributed by atoms with Crippen molar-refractivity contribution in [3.8, 4) is 5.75 Å². The van der Waals surface area contributed by atoms with Crippen molar-refractivity contribution in [1.82, 2.24) is 10.2 Å². The molecular formula is C20H21N3O2S2. The number of anilines is 1. The maximum atomic E-state index is 12.4. The van der Waals surface area contributed by atoms with Gasteiger partial charge in [0.15, 0.2) is 4.34 Å². The largest absolute Gasteiger partial charge is 0.491 e. The number of carbonyl (C=O) groups is 1. The zero-order chi connectivity index (χ0) is 19.2. The van der Waals surface area contributed by atoms with Gasteiger partial charge in [0.1, 0.15) is 5.75 Å². The molecule has 3 rings (SSSR count). The van der Waals surface area contributed by atoms with Crippen molar-refractivity contribution in [3.05, 3.63) is 65.7 Å². The molecule has 2 aromatic carbocycles. The number of carbonyl (C=O) groups excluding carboxylic acids is 1. The van der Waals surface area contributed by atoms with Crippen LogP contribution in [0.2, 0.25) is 0 Å². The molecule has 1 unspecified atom stereocenters. The minimum absolute atomic E-state index is 0.0975. The van der Waals surface area contributed by atoms with Gasteiger partial charge in [-0.15, -0.1) is 10.2 Å². The van der Waals surface area contributed by atoms with Crippen LogP contribution in [0.5, 0.6) is 5.75 Å². The lowest BCUT2D eigenvalue weighted by Crippen LogP contribution is -2.12. The van der Waals surface area contributed by atoms with E-state index in [0.717, 1.165) is 10.1 Å². The van der Waals surface area contributed by atoms with Gasteiger partial charge < -0.3 is 4.74 Å². The lowest BCUT2D eigenvalue weighted by atomic mass is 10.2. The van der Waals surface area contributed by atoms with E-state index in [2.05, 4.69) is 34.6 Å². The normalized spacial score (nSPS) is 12.0. The first-order valence-electron chi connectivity index (χ1n) is 8.64. The van der Waals surface area contributed by atoms with Crippen LogP contribution in [0.4, 0.5) is 5.13 Å². The molecule has 0 aliphatic carbocycles. The molecule has 0 bridgehead atoms. The molecular weight excluding hydrogens is 378 g/mol. The van der Waals surface area contributed by atoms with Crippen molar-refractivity contribution in [3.63, 3.8) is 0 Å². The van der Waals surface area contributed by atoms with Crippen LogP contribution in [0, 0.1) is 0 Å². The molecule has 1 aromatic heterocycles. The Kier molecular flexibility index (Phi) is 6.47. The Bertz CT molecular complexity index is 880. The van der Waals surface area contributed by atoms with Crippen LogP contribution < -0.4 is 10.1 Å². The molecule has 0 saturated carbocycles. The average molecular weight is 400 g/mol. The van der Waals surface area contributed by atoms with Crippen LogP contribution in [-0.2, 0) is 0 Å². The fourth-order valence-corrected chi connectivity index (χ4v) is 4.40. The van der Waals surface area contributed by atoms with Gasteiger partial charge in [-0.3, -0.25) is 10.1 Å². The average Bonchev–Trinajstić information content (AvgIpc) is 3.09. The maximum absolute atomic E-state index is 12.4. The van der Waals surface area contributed by atoms with Gasteiger partial charge in [-0.05, 0) is 50.6 Å². The Morgan fingerprint density at radius 2 is 1.74 bits per heavy atom. The van der Waals surface area contributed by atoms with Gasteiger partial charge in [0, 0.05) is 10.8 Å². The Balaban J connectivity index is 1.59. The Morgan fingerprint density at radius 1 is 1.04 bits per heavy atom. The number of benzene rings is 2. The topological polar surface area (TPSA) is 64.1 Å².